The van der Waals surface area contributed by atoms with E-state index >= 15 is 0 Å². The van der Waals surface area contributed by atoms with Crippen LogP contribution in [0.25, 0.3) is 0 Å². The Morgan fingerprint density at radius 1 is 1.21 bits per heavy atom. The van der Waals surface area contributed by atoms with Gasteiger partial charge in [0.15, 0.2) is 0 Å². The molecule has 0 radical (unpaired) electrons. The van der Waals surface area contributed by atoms with E-state index in [9.17, 15) is 0 Å². The molecule has 0 unspecified atom stereocenters. The van der Waals surface area contributed by atoms with Crippen molar-refractivity contribution in [2.75, 3.05) is 0 Å². The van der Waals surface area contributed by atoms with Crippen LogP contribution in [0.3, 0.4) is 0 Å². The van der Waals surface area contributed by atoms with Crippen molar-refractivity contribution < 1.29 is 4.42 Å². The van der Waals surface area contributed by atoms with E-state index in [0.717, 1.165) is 36.8 Å². The molecule has 104 valence electrons. The lowest BCUT2D eigenvalue weighted by molar-refractivity contribution is 0.499. The zero-order valence-electron chi connectivity index (χ0n) is 12.5. The molecule has 0 spiro atoms. The maximum atomic E-state index is 5.53. The predicted molar refractivity (Wildman–Crippen MR) is 76.1 cm³/mol. The number of furan rings is 1. The quantitative estimate of drug-likeness (QED) is 0.899. The molecular formula is C15H23N3O. The maximum absolute atomic E-state index is 5.53. The summed E-state index contributed by atoms with van der Waals surface area (Å²) in [6, 6.07) is 2.09. The lowest BCUT2D eigenvalue weighted by Crippen LogP contribution is -2.14. The van der Waals surface area contributed by atoms with Crippen molar-refractivity contribution in [3.63, 3.8) is 0 Å². The minimum Gasteiger partial charge on any atom is -0.466 e. The third kappa shape index (κ3) is 2.89. The normalized spacial score (nSPS) is 11.2. The average Bonchev–Trinajstić information content (AvgIpc) is 2.82. The fourth-order valence-corrected chi connectivity index (χ4v) is 2.48. The Balaban J connectivity index is 2.00. The smallest absolute Gasteiger partial charge is 0.105 e. The summed E-state index contributed by atoms with van der Waals surface area (Å²) in [6.45, 7) is 12.9. The van der Waals surface area contributed by atoms with Crippen molar-refractivity contribution in [3.05, 3.63) is 40.1 Å². The lowest BCUT2D eigenvalue weighted by atomic mass is 10.2. The Kier molecular flexibility index (Phi) is 4.10. The Morgan fingerprint density at radius 3 is 2.47 bits per heavy atom. The van der Waals surface area contributed by atoms with Crippen molar-refractivity contribution in [1.82, 2.24) is 15.1 Å². The van der Waals surface area contributed by atoms with Crippen LogP contribution < -0.4 is 5.32 Å². The average molecular weight is 261 g/mol. The number of nitrogens with zero attached hydrogens (tertiary/aromatic N) is 2. The molecule has 4 heteroatoms. The number of aromatic nitrogens is 2. The SMILES string of the molecule is CCn1nc(C)c(CNCc2cc(C)oc2C)c1C. The second-order valence-corrected chi connectivity index (χ2v) is 5.01. The van der Waals surface area contributed by atoms with Gasteiger partial charge < -0.3 is 9.73 Å². The van der Waals surface area contributed by atoms with Crippen molar-refractivity contribution in [2.24, 2.45) is 0 Å². The van der Waals surface area contributed by atoms with Crippen molar-refractivity contribution in [3.8, 4) is 0 Å². The fraction of sp³-hybridized carbons (Fsp3) is 0.533. The van der Waals surface area contributed by atoms with Gasteiger partial charge in [-0.25, -0.2) is 0 Å². The summed E-state index contributed by atoms with van der Waals surface area (Å²) >= 11 is 0. The van der Waals surface area contributed by atoms with Gasteiger partial charge in [0.2, 0.25) is 0 Å². The van der Waals surface area contributed by atoms with Gasteiger partial charge in [0.25, 0.3) is 0 Å². The van der Waals surface area contributed by atoms with Gasteiger partial charge in [-0.2, -0.15) is 5.10 Å². The van der Waals surface area contributed by atoms with E-state index in [1.807, 2.05) is 13.8 Å². The largest absolute Gasteiger partial charge is 0.466 e. The minimum atomic E-state index is 0.833. The first-order valence-electron chi connectivity index (χ1n) is 6.82. The molecule has 0 aliphatic heterocycles. The zero-order valence-corrected chi connectivity index (χ0v) is 12.5. The molecule has 2 aromatic heterocycles. The van der Waals surface area contributed by atoms with Crippen molar-refractivity contribution in [1.29, 1.82) is 0 Å². The lowest BCUT2D eigenvalue weighted by Gasteiger charge is -2.05. The first-order valence-corrected chi connectivity index (χ1v) is 6.82. The Labute approximate surface area is 114 Å². The summed E-state index contributed by atoms with van der Waals surface area (Å²) in [6.07, 6.45) is 0. The maximum Gasteiger partial charge on any atom is 0.105 e. The molecule has 1 N–H and O–H groups in total. The van der Waals surface area contributed by atoms with Gasteiger partial charge in [0.1, 0.15) is 11.5 Å². The van der Waals surface area contributed by atoms with Gasteiger partial charge in [-0.3, -0.25) is 4.68 Å². The molecule has 0 aromatic carbocycles. The highest BCUT2D eigenvalue weighted by atomic mass is 16.3. The molecule has 0 atom stereocenters. The fourth-order valence-electron chi connectivity index (χ4n) is 2.48. The molecule has 0 aliphatic carbocycles. The Hall–Kier alpha value is -1.55. The highest BCUT2D eigenvalue weighted by Crippen LogP contribution is 2.15. The predicted octanol–water partition coefficient (Wildman–Crippen LogP) is 3.02. The van der Waals surface area contributed by atoms with Crippen LogP contribution in [-0.2, 0) is 19.6 Å². The van der Waals surface area contributed by atoms with E-state index in [2.05, 4.69) is 41.9 Å². The number of hydrogen-bond acceptors (Lipinski definition) is 3. The van der Waals surface area contributed by atoms with Crippen LogP contribution in [0.4, 0.5) is 0 Å². The molecule has 2 aromatic rings. The number of rotatable bonds is 5. The van der Waals surface area contributed by atoms with Crippen LogP contribution in [0.1, 0.15) is 41.0 Å². The van der Waals surface area contributed by atoms with Gasteiger partial charge in [-0.15, -0.1) is 0 Å². The summed E-state index contributed by atoms with van der Waals surface area (Å²) in [5, 5.41) is 8.01. The molecular weight excluding hydrogens is 238 g/mol. The standard InChI is InChI=1S/C15H23N3O/c1-6-18-12(4)15(11(3)17-18)9-16-8-14-7-10(2)19-13(14)5/h7,16H,6,8-9H2,1-5H3. The molecule has 19 heavy (non-hydrogen) atoms. The minimum absolute atomic E-state index is 0.833. The van der Waals surface area contributed by atoms with Crippen LogP contribution in [0, 0.1) is 27.7 Å². The van der Waals surface area contributed by atoms with Crippen LogP contribution in [0.5, 0.6) is 0 Å². The third-order valence-electron chi connectivity index (χ3n) is 3.59. The van der Waals surface area contributed by atoms with E-state index in [1.165, 1.54) is 16.8 Å². The van der Waals surface area contributed by atoms with Crippen LogP contribution in [-0.4, -0.2) is 9.78 Å². The first kappa shape index (κ1) is 13.9. The number of hydrogen-bond donors (Lipinski definition) is 1. The summed E-state index contributed by atoms with van der Waals surface area (Å²) in [7, 11) is 0. The van der Waals surface area contributed by atoms with Gasteiger partial charge in [0, 0.05) is 36.5 Å². The van der Waals surface area contributed by atoms with Gasteiger partial charge in [-0.1, -0.05) is 0 Å². The molecule has 2 rings (SSSR count). The van der Waals surface area contributed by atoms with E-state index in [-0.39, 0.29) is 0 Å². The summed E-state index contributed by atoms with van der Waals surface area (Å²) in [4.78, 5) is 0. The molecule has 0 fully saturated rings. The molecule has 0 aliphatic rings. The van der Waals surface area contributed by atoms with E-state index < -0.39 is 0 Å². The van der Waals surface area contributed by atoms with Gasteiger partial charge in [0.05, 0.1) is 5.69 Å². The summed E-state index contributed by atoms with van der Waals surface area (Å²) < 4.78 is 7.58. The molecule has 2 heterocycles. The van der Waals surface area contributed by atoms with Gasteiger partial charge in [-0.05, 0) is 40.7 Å². The molecule has 0 bridgehead atoms. The van der Waals surface area contributed by atoms with E-state index in [1.54, 1.807) is 0 Å². The Morgan fingerprint density at radius 2 is 1.95 bits per heavy atom. The highest BCUT2D eigenvalue weighted by Gasteiger charge is 2.10. The van der Waals surface area contributed by atoms with Crippen molar-refractivity contribution in [2.45, 2.75) is 54.3 Å². The van der Waals surface area contributed by atoms with Crippen LogP contribution >= 0.6 is 0 Å². The topological polar surface area (TPSA) is 43.0 Å². The van der Waals surface area contributed by atoms with Crippen LogP contribution in [0.15, 0.2) is 10.5 Å². The first-order chi connectivity index (χ1) is 9.02. The molecule has 0 saturated carbocycles. The van der Waals surface area contributed by atoms with Crippen LogP contribution in [0.2, 0.25) is 0 Å². The number of aryl methyl sites for hydroxylation is 4. The van der Waals surface area contributed by atoms with E-state index in [0.29, 0.717) is 0 Å². The second kappa shape index (κ2) is 5.61. The van der Waals surface area contributed by atoms with E-state index in [4.69, 9.17) is 4.42 Å². The zero-order chi connectivity index (χ0) is 14.0. The molecule has 0 amide bonds. The molecule has 4 nitrogen and oxygen atoms in total. The highest BCUT2D eigenvalue weighted by molar-refractivity contribution is 5.25. The molecule has 0 saturated heterocycles. The number of nitrogens with one attached hydrogen (secondary N) is 1. The second-order valence-electron chi connectivity index (χ2n) is 5.01. The Bertz CT molecular complexity index is 566. The summed E-state index contributed by atoms with van der Waals surface area (Å²) in [5.41, 5.74) is 4.91. The van der Waals surface area contributed by atoms with Crippen molar-refractivity contribution >= 4 is 0 Å². The van der Waals surface area contributed by atoms with Gasteiger partial charge >= 0.3 is 0 Å². The monoisotopic (exact) mass is 261 g/mol. The summed E-state index contributed by atoms with van der Waals surface area (Å²) in [5.74, 6) is 1.98. The third-order valence-corrected chi connectivity index (χ3v) is 3.59.